The number of carbonyl (C=O) groups excluding carboxylic acids is 2. The number of pyridine rings is 1. The molecule has 4 heterocycles. The summed E-state index contributed by atoms with van der Waals surface area (Å²) in [5.74, 6) is 5.61. The van der Waals surface area contributed by atoms with Crippen LogP contribution in [-0.4, -0.2) is 54.8 Å². The van der Waals surface area contributed by atoms with Crippen molar-refractivity contribution < 1.29 is 18.7 Å². The largest absolute Gasteiger partial charge is 0.442 e. The van der Waals surface area contributed by atoms with Gasteiger partial charge < -0.3 is 9.64 Å². The number of aldehydes is 1. The molecule has 0 unspecified atom stereocenters. The fourth-order valence-electron chi connectivity index (χ4n) is 3.76. The molecular formula is C24H24FN7O3. The molecule has 11 heteroatoms. The molecule has 180 valence electrons. The van der Waals surface area contributed by atoms with Crippen LogP contribution in [0.2, 0.25) is 0 Å². The van der Waals surface area contributed by atoms with E-state index in [0.29, 0.717) is 47.7 Å². The normalized spacial score (nSPS) is 16.2. The van der Waals surface area contributed by atoms with Crippen molar-refractivity contribution in [1.29, 1.82) is 0 Å². The van der Waals surface area contributed by atoms with Crippen molar-refractivity contribution in [2.45, 2.75) is 52.2 Å². The van der Waals surface area contributed by atoms with Crippen molar-refractivity contribution in [3.05, 3.63) is 47.4 Å². The summed E-state index contributed by atoms with van der Waals surface area (Å²) in [6.07, 6.45) is 5.49. The number of ether oxygens (including phenoxy) is 1. The molecule has 1 aliphatic heterocycles. The molecule has 35 heavy (non-hydrogen) atoms. The number of hydrogen-bond acceptors (Lipinski definition) is 8. The zero-order chi connectivity index (χ0) is 25.2. The van der Waals surface area contributed by atoms with Crippen LogP contribution in [0.5, 0.6) is 0 Å². The molecule has 0 spiro atoms. The molecule has 0 N–H and O–H groups in total. The third-order valence-electron chi connectivity index (χ3n) is 5.18. The van der Waals surface area contributed by atoms with Gasteiger partial charge in [0.25, 0.3) is 0 Å². The van der Waals surface area contributed by atoms with Crippen LogP contribution in [0.25, 0.3) is 5.65 Å². The fraction of sp³-hybridized carbons (Fsp3) is 0.375. The number of anilines is 1. The molecule has 0 aromatic carbocycles. The van der Waals surface area contributed by atoms with Crippen LogP contribution in [0.1, 0.15) is 68.2 Å². The lowest BCUT2D eigenvalue weighted by Crippen LogP contribution is -2.26. The summed E-state index contributed by atoms with van der Waals surface area (Å²) in [5, 5.41) is 4.06. The van der Waals surface area contributed by atoms with E-state index in [4.69, 9.17) is 4.74 Å². The van der Waals surface area contributed by atoms with Crippen molar-refractivity contribution >= 4 is 29.7 Å². The number of hydrogen-bond donors (Lipinski definition) is 0. The molecule has 10 nitrogen and oxygen atoms in total. The maximum Gasteiger partial charge on any atom is 0.434 e. The number of aromatic nitrogens is 5. The van der Waals surface area contributed by atoms with Crippen LogP contribution in [-0.2, 0) is 4.74 Å². The SMILES string of the molecule is CC(C#Cc1ncc(F)cc1[C@H]1CCCN1c1ncn2ncc(C=O)c2n1)=NC(=O)OC(C)(C)C. The number of rotatable bonds is 3. The number of aliphatic imine (C=N–C) groups is 1. The Kier molecular flexibility index (Phi) is 6.55. The fourth-order valence-corrected chi connectivity index (χ4v) is 3.76. The van der Waals surface area contributed by atoms with Gasteiger partial charge in [-0.15, -0.1) is 0 Å². The highest BCUT2D eigenvalue weighted by Crippen LogP contribution is 2.35. The van der Waals surface area contributed by atoms with Gasteiger partial charge in [-0.3, -0.25) is 4.79 Å². The number of carbonyl (C=O) groups is 2. The lowest BCUT2D eigenvalue weighted by Gasteiger charge is -2.25. The van der Waals surface area contributed by atoms with Gasteiger partial charge in [0, 0.05) is 12.1 Å². The topological polar surface area (TPSA) is 115 Å². The molecule has 1 saturated heterocycles. The predicted octanol–water partition coefficient (Wildman–Crippen LogP) is 3.56. The summed E-state index contributed by atoms with van der Waals surface area (Å²) < 4.78 is 20.8. The standard InChI is InChI=1S/C24H24FN7O3/c1-15(29-23(34)35-24(2,3)4)7-8-19-18(10-17(25)12-26-19)20-6-5-9-31(20)22-27-14-32-21(30-22)16(13-33)11-28-32/h10-14,20H,5-6,9H2,1-4H3/t20-/m1/s1. The van der Waals surface area contributed by atoms with Crippen LogP contribution in [0.4, 0.5) is 15.1 Å². The molecule has 3 aromatic heterocycles. The Morgan fingerprint density at radius 3 is 2.86 bits per heavy atom. The molecule has 1 amide bonds. The number of halogens is 1. The molecule has 0 radical (unpaired) electrons. The van der Waals surface area contributed by atoms with Crippen molar-refractivity contribution in [2.75, 3.05) is 11.4 Å². The Morgan fingerprint density at radius 1 is 1.31 bits per heavy atom. The van der Waals surface area contributed by atoms with E-state index in [0.717, 1.165) is 12.6 Å². The van der Waals surface area contributed by atoms with Gasteiger partial charge in [-0.25, -0.2) is 23.7 Å². The summed E-state index contributed by atoms with van der Waals surface area (Å²) in [7, 11) is 0. The molecule has 0 aliphatic carbocycles. The van der Waals surface area contributed by atoms with E-state index in [1.807, 2.05) is 4.90 Å². The van der Waals surface area contributed by atoms with E-state index >= 15 is 0 Å². The van der Waals surface area contributed by atoms with Crippen LogP contribution in [0.3, 0.4) is 0 Å². The van der Waals surface area contributed by atoms with Crippen LogP contribution in [0.15, 0.2) is 29.8 Å². The molecule has 4 rings (SSSR count). The quantitative estimate of drug-likeness (QED) is 0.320. The molecule has 3 aromatic rings. The zero-order valence-corrected chi connectivity index (χ0v) is 19.8. The van der Waals surface area contributed by atoms with Crippen molar-refractivity contribution in [1.82, 2.24) is 24.6 Å². The number of fused-ring (bicyclic) bond motifs is 1. The summed E-state index contributed by atoms with van der Waals surface area (Å²) in [6.45, 7) is 7.46. The first-order valence-electron chi connectivity index (χ1n) is 11.0. The first-order chi connectivity index (χ1) is 16.6. The van der Waals surface area contributed by atoms with E-state index in [1.165, 1.54) is 23.1 Å². The van der Waals surface area contributed by atoms with Crippen molar-refractivity contribution in [3.8, 4) is 11.8 Å². The summed E-state index contributed by atoms with van der Waals surface area (Å²) >= 11 is 0. The second-order valence-corrected chi connectivity index (χ2v) is 9.01. The monoisotopic (exact) mass is 477 g/mol. The van der Waals surface area contributed by atoms with E-state index < -0.39 is 17.5 Å². The van der Waals surface area contributed by atoms with Gasteiger partial charge in [-0.2, -0.15) is 15.1 Å². The maximum absolute atomic E-state index is 14.2. The van der Waals surface area contributed by atoms with E-state index in [9.17, 15) is 14.0 Å². The molecule has 1 fully saturated rings. The predicted molar refractivity (Wildman–Crippen MR) is 126 cm³/mol. The number of nitrogens with zero attached hydrogens (tertiary/aromatic N) is 7. The van der Waals surface area contributed by atoms with Gasteiger partial charge in [0.1, 0.15) is 23.4 Å². The van der Waals surface area contributed by atoms with E-state index in [1.54, 1.807) is 27.7 Å². The highest BCUT2D eigenvalue weighted by molar-refractivity contribution is 6.04. The van der Waals surface area contributed by atoms with E-state index in [-0.39, 0.29) is 11.8 Å². The van der Waals surface area contributed by atoms with Gasteiger partial charge >= 0.3 is 6.09 Å². The third-order valence-corrected chi connectivity index (χ3v) is 5.18. The van der Waals surface area contributed by atoms with Crippen LogP contribution >= 0.6 is 0 Å². The molecule has 0 bridgehead atoms. The Hall–Kier alpha value is -4.20. The molecule has 1 aliphatic rings. The van der Waals surface area contributed by atoms with Crippen LogP contribution < -0.4 is 4.90 Å². The highest BCUT2D eigenvalue weighted by Gasteiger charge is 2.31. The Labute approximate surface area is 201 Å². The number of amides is 1. The second kappa shape index (κ2) is 9.58. The Bertz CT molecular complexity index is 1380. The minimum atomic E-state index is -0.735. The average molecular weight is 478 g/mol. The maximum atomic E-state index is 14.2. The summed E-state index contributed by atoms with van der Waals surface area (Å²) in [6, 6.07) is 1.12. The lowest BCUT2D eigenvalue weighted by molar-refractivity contribution is 0.0604. The smallest absolute Gasteiger partial charge is 0.434 e. The van der Waals surface area contributed by atoms with E-state index in [2.05, 4.69) is 36.9 Å². The third kappa shape index (κ3) is 5.48. The van der Waals surface area contributed by atoms with Crippen molar-refractivity contribution in [2.24, 2.45) is 4.99 Å². The molecule has 1 atom stereocenters. The zero-order valence-electron chi connectivity index (χ0n) is 19.8. The second-order valence-electron chi connectivity index (χ2n) is 9.01. The average Bonchev–Trinajstić information content (AvgIpc) is 3.43. The van der Waals surface area contributed by atoms with Gasteiger partial charge in [0.15, 0.2) is 11.9 Å². The summed E-state index contributed by atoms with van der Waals surface area (Å²) in [5.41, 5.74) is 1.26. The minimum Gasteiger partial charge on any atom is -0.442 e. The molecular weight excluding hydrogens is 453 g/mol. The van der Waals surface area contributed by atoms with Crippen LogP contribution in [0, 0.1) is 17.7 Å². The first-order valence-corrected chi connectivity index (χ1v) is 11.0. The van der Waals surface area contributed by atoms with Gasteiger partial charge in [0.05, 0.1) is 29.7 Å². The first kappa shape index (κ1) is 23.9. The van der Waals surface area contributed by atoms with Gasteiger partial charge in [-0.1, -0.05) is 0 Å². The lowest BCUT2D eigenvalue weighted by atomic mass is 10.0. The van der Waals surface area contributed by atoms with Gasteiger partial charge in [0.2, 0.25) is 5.95 Å². The molecule has 0 saturated carbocycles. The van der Waals surface area contributed by atoms with Crippen molar-refractivity contribution in [3.63, 3.8) is 0 Å². The Balaban J connectivity index is 1.66. The Morgan fingerprint density at radius 2 is 2.11 bits per heavy atom. The summed E-state index contributed by atoms with van der Waals surface area (Å²) in [4.78, 5) is 42.1. The van der Waals surface area contributed by atoms with Gasteiger partial charge in [-0.05, 0) is 58.4 Å². The highest BCUT2D eigenvalue weighted by atomic mass is 19.1. The minimum absolute atomic E-state index is 0.246.